The van der Waals surface area contributed by atoms with E-state index < -0.39 is 15.8 Å². The second-order valence-electron chi connectivity index (χ2n) is 4.72. The van der Waals surface area contributed by atoms with Crippen molar-refractivity contribution < 1.29 is 12.8 Å². The average molecular weight is 288 g/mol. The second-order valence-corrected chi connectivity index (χ2v) is 6.40. The van der Waals surface area contributed by atoms with E-state index in [4.69, 9.17) is 0 Å². The van der Waals surface area contributed by atoms with E-state index in [1.807, 2.05) is 6.92 Å². The second kappa shape index (κ2) is 6.98. The first-order valence-electron chi connectivity index (χ1n) is 6.38. The van der Waals surface area contributed by atoms with Gasteiger partial charge in [-0.25, -0.2) is 17.5 Å². The summed E-state index contributed by atoms with van der Waals surface area (Å²) in [4.78, 5) is -0.294. The molecule has 0 aliphatic heterocycles. The standard InChI is InChI=1S/C13H21FN2O2S/c1-4-7-15-9-11-5-6-12(14)13(8-11)19(17,18)16-10(2)3/h5-6,8,10,15-16H,4,7,9H2,1-3H3. The van der Waals surface area contributed by atoms with Crippen molar-refractivity contribution in [3.8, 4) is 0 Å². The third-order valence-corrected chi connectivity index (χ3v) is 4.11. The molecule has 0 heterocycles. The van der Waals surface area contributed by atoms with Gasteiger partial charge in [-0.1, -0.05) is 13.0 Å². The highest BCUT2D eigenvalue weighted by molar-refractivity contribution is 7.89. The van der Waals surface area contributed by atoms with Crippen LogP contribution in [0, 0.1) is 5.82 Å². The Labute approximate surface area is 114 Å². The maximum Gasteiger partial charge on any atom is 0.243 e. The highest BCUT2D eigenvalue weighted by atomic mass is 32.2. The van der Waals surface area contributed by atoms with Gasteiger partial charge in [-0.05, 0) is 44.5 Å². The van der Waals surface area contributed by atoms with Crippen LogP contribution in [0.4, 0.5) is 4.39 Å². The van der Waals surface area contributed by atoms with Crippen molar-refractivity contribution in [2.24, 2.45) is 0 Å². The molecule has 0 radical (unpaired) electrons. The Hall–Kier alpha value is -0.980. The molecule has 19 heavy (non-hydrogen) atoms. The van der Waals surface area contributed by atoms with Gasteiger partial charge >= 0.3 is 0 Å². The van der Waals surface area contributed by atoms with Gasteiger partial charge in [-0.15, -0.1) is 0 Å². The number of rotatable bonds is 7. The van der Waals surface area contributed by atoms with Crippen molar-refractivity contribution in [3.05, 3.63) is 29.6 Å². The molecule has 0 saturated heterocycles. The van der Waals surface area contributed by atoms with Gasteiger partial charge in [0.1, 0.15) is 10.7 Å². The molecule has 0 spiro atoms. The van der Waals surface area contributed by atoms with Crippen LogP contribution in [0.15, 0.2) is 23.1 Å². The molecule has 0 aliphatic carbocycles. The van der Waals surface area contributed by atoms with Crippen LogP contribution in [0.3, 0.4) is 0 Å². The van der Waals surface area contributed by atoms with Gasteiger partial charge in [0, 0.05) is 12.6 Å². The minimum atomic E-state index is -3.80. The molecule has 4 nitrogen and oxygen atoms in total. The molecule has 0 atom stereocenters. The number of benzene rings is 1. The van der Waals surface area contributed by atoms with Crippen molar-refractivity contribution in [3.63, 3.8) is 0 Å². The molecular weight excluding hydrogens is 267 g/mol. The SMILES string of the molecule is CCCNCc1ccc(F)c(S(=O)(=O)NC(C)C)c1. The maximum absolute atomic E-state index is 13.7. The first-order valence-corrected chi connectivity index (χ1v) is 7.86. The number of halogens is 1. The monoisotopic (exact) mass is 288 g/mol. The van der Waals surface area contributed by atoms with Crippen molar-refractivity contribution in [2.75, 3.05) is 6.54 Å². The molecular formula is C13H21FN2O2S. The zero-order valence-corrected chi connectivity index (χ0v) is 12.3. The highest BCUT2D eigenvalue weighted by Crippen LogP contribution is 2.16. The van der Waals surface area contributed by atoms with E-state index in [0.717, 1.165) is 18.5 Å². The van der Waals surface area contributed by atoms with Crippen LogP contribution >= 0.6 is 0 Å². The lowest BCUT2D eigenvalue weighted by Crippen LogP contribution is -2.31. The highest BCUT2D eigenvalue weighted by Gasteiger charge is 2.20. The molecule has 1 rings (SSSR count). The van der Waals surface area contributed by atoms with Crippen molar-refractivity contribution in [1.82, 2.24) is 10.0 Å². The third kappa shape index (κ3) is 4.89. The summed E-state index contributed by atoms with van der Waals surface area (Å²) in [7, 11) is -3.80. The number of hydrogen-bond donors (Lipinski definition) is 2. The topological polar surface area (TPSA) is 58.2 Å². The van der Waals surface area contributed by atoms with Gasteiger partial charge in [0.15, 0.2) is 0 Å². The molecule has 0 fully saturated rings. The van der Waals surface area contributed by atoms with Gasteiger partial charge in [0.05, 0.1) is 0 Å². The van der Waals surface area contributed by atoms with Crippen molar-refractivity contribution in [2.45, 2.75) is 44.7 Å². The van der Waals surface area contributed by atoms with E-state index in [1.54, 1.807) is 19.9 Å². The summed E-state index contributed by atoms with van der Waals surface area (Å²) >= 11 is 0. The summed E-state index contributed by atoms with van der Waals surface area (Å²) in [5.41, 5.74) is 0.749. The van der Waals surface area contributed by atoms with Crippen LogP contribution < -0.4 is 10.0 Å². The van der Waals surface area contributed by atoms with Gasteiger partial charge in [0.2, 0.25) is 10.0 Å². The van der Waals surface area contributed by atoms with E-state index in [2.05, 4.69) is 10.0 Å². The molecule has 0 aromatic heterocycles. The quantitative estimate of drug-likeness (QED) is 0.755. The van der Waals surface area contributed by atoms with Gasteiger partial charge in [-0.2, -0.15) is 0 Å². The van der Waals surface area contributed by atoms with E-state index in [-0.39, 0.29) is 10.9 Å². The molecule has 0 amide bonds. The first kappa shape index (κ1) is 16.1. The Morgan fingerprint density at radius 2 is 2.00 bits per heavy atom. The Morgan fingerprint density at radius 1 is 1.32 bits per heavy atom. The van der Waals surface area contributed by atoms with Crippen LogP contribution in [0.25, 0.3) is 0 Å². The summed E-state index contributed by atoms with van der Waals surface area (Å²) in [5, 5.41) is 3.15. The van der Waals surface area contributed by atoms with Crippen molar-refractivity contribution in [1.29, 1.82) is 0 Å². The molecule has 0 bridgehead atoms. The molecule has 6 heteroatoms. The molecule has 0 unspecified atom stereocenters. The summed E-state index contributed by atoms with van der Waals surface area (Å²) in [6.45, 7) is 6.80. The zero-order valence-electron chi connectivity index (χ0n) is 11.5. The fraction of sp³-hybridized carbons (Fsp3) is 0.538. The average Bonchev–Trinajstić information content (AvgIpc) is 2.29. The lowest BCUT2D eigenvalue weighted by Gasteiger charge is -2.12. The lowest BCUT2D eigenvalue weighted by molar-refractivity contribution is 0.547. The predicted molar refractivity (Wildman–Crippen MR) is 73.9 cm³/mol. The Bertz CT molecular complexity index is 515. The molecule has 2 N–H and O–H groups in total. The number of hydrogen-bond acceptors (Lipinski definition) is 3. The van der Waals surface area contributed by atoms with E-state index in [0.29, 0.717) is 6.54 Å². The largest absolute Gasteiger partial charge is 0.313 e. The number of sulfonamides is 1. The predicted octanol–water partition coefficient (Wildman–Crippen LogP) is 2.01. The van der Waals surface area contributed by atoms with E-state index in [9.17, 15) is 12.8 Å². The normalized spacial score (nSPS) is 12.1. The fourth-order valence-electron chi connectivity index (χ4n) is 1.65. The summed E-state index contributed by atoms with van der Waals surface area (Å²) in [6, 6.07) is 3.89. The number of nitrogens with one attached hydrogen (secondary N) is 2. The smallest absolute Gasteiger partial charge is 0.243 e. The van der Waals surface area contributed by atoms with Crippen LogP contribution in [-0.4, -0.2) is 21.0 Å². The molecule has 0 aliphatic rings. The molecule has 1 aromatic rings. The molecule has 108 valence electrons. The summed E-state index contributed by atoms with van der Waals surface area (Å²) in [5.74, 6) is -0.729. The zero-order chi connectivity index (χ0) is 14.5. The Morgan fingerprint density at radius 3 is 2.58 bits per heavy atom. The summed E-state index contributed by atoms with van der Waals surface area (Å²) < 4.78 is 40.0. The fourth-order valence-corrected chi connectivity index (χ4v) is 3.03. The minimum Gasteiger partial charge on any atom is -0.313 e. The van der Waals surface area contributed by atoms with Crippen molar-refractivity contribution >= 4 is 10.0 Å². The van der Waals surface area contributed by atoms with Crippen LogP contribution in [-0.2, 0) is 16.6 Å². The first-order chi connectivity index (χ1) is 8.86. The van der Waals surface area contributed by atoms with Gasteiger partial charge in [-0.3, -0.25) is 0 Å². The van der Waals surface area contributed by atoms with Crippen LogP contribution in [0.5, 0.6) is 0 Å². The van der Waals surface area contributed by atoms with Gasteiger partial charge in [0.25, 0.3) is 0 Å². The Balaban J connectivity index is 2.97. The maximum atomic E-state index is 13.7. The Kier molecular flexibility index (Phi) is 5.90. The molecule has 0 saturated carbocycles. The van der Waals surface area contributed by atoms with Crippen LogP contribution in [0.1, 0.15) is 32.8 Å². The molecule has 1 aromatic carbocycles. The third-order valence-electron chi connectivity index (χ3n) is 2.43. The summed E-state index contributed by atoms with van der Waals surface area (Å²) in [6.07, 6.45) is 0.987. The van der Waals surface area contributed by atoms with Gasteiger partial charge < -0.3 is 5.32 Å². The lowest BCUT2D eigenvalue weighted by atomic mass is 10.2. The van der Waals surface area contributed by atoms with E-state index in [1.165, 1.54) is 12.1 Å². The van der Waals surface area contributed by atoms with Crippen LogP contribution in [0.2, 0.25) is 0 Å². The minimum absolute atomic E-state index is 0.272. The van der Waals surface area contributed by atoms with E-state index >= 15 is 0 Å².